The zero-order valence-corrected chi connectivity index (χ0v) is 18.1. The molecule has 0 saturated heterocycles. The van der Waals surface area contributed by atoms with Gasteiger partial charge in [-0.25, -0.2) is 4.39 Å². The lowest BCUT2D eigenvalue weighted by Crippen LogP contribution is -2.34. The van der Waals surface area contributed by atoms with E-state index < -0.39 is 0 Å². The highest BCUT2D eigenvalue weighted by Crippen LogP contribution is 2.51. The number of unbranched alkanes of at least 4 members (excludes halogenated alkanes) is 2. The van der Waals surface area contributed by atoms with Gasteiger partial charge in [-0.2, -0.15) is 0 Å². The SMILES string of the molecule is CCCCCC1CCC(C2CCC3CC(c4ccc(F)cc4)CCC3C2)CC1. The summed E-state index contributed by atoms with van der Waals surface area (Å²) >= 11 is 0. The molecule has 0 heterocycles. The molecule has 4 atom stereocenters. The minimum Gasteiger partial charge on any atom is -0.207 e. The van der Waals surface area contributed by atoms with Crippen molar-refractivity contribution in [3.63, 3.8) is 0 Å². The summed E-state index contributed by atoms with van der Waals surface area (Å²) in [4.78, 5) is 0. The summed E-state index contributed by atoms with van der Waals surface area (Å²) in [6.45, 7) is 2.32. The van der Waals surface area contributed by atoms with Gasteiger partial charge in [0.1, 0.15) is 5.82 Å². The van der Waals surface area contributed by atoms with E-state index in [1.165, 1.54) is 95.5 Å². The largest absolute Gasteiger partial charge is 0.207 e. The van der Waals surface area contributed by atoms with E-state index in [-0.39, 0.29) is 5.82 Å². The maximum Gasteiger partial charge on any atom is 0.123 e. The molecule has 3 saturated carbocycles. The minimum atomic E-state index is -0.0990. The lowest BCUT2D eigenvalue weighted by atomic mass is 9.60. The van der Waals surface area contributed by atoms with E-state index in [9.17, 15) is 4.39 Å². The minimum absolute atomic E-state index is 0.0990. The third-order valence-corrected chi connectivity index (χ3v) is 8.77. The second kappa shape index (κ2) is 9.77. The fourth-order valence-electron chi connectivity index (χ4n) is 7.02. The van der Waals surface area contributed by atoms with Crippen LogP contribution in [-0.4, -0.2) is 0 Å². The summed E-state index contributed by atoms with van der Waals surface area (Å²) in [7, 11) is 0. The van der Waals surface area contributed by atoms with Gasteiger partial charge in [-0.15, -0.1) is 0 Å². The topological polar surface area (TPSA) is 0 Å². The van der Waals surface area contributed by atoms with Crippen molar-refractivity contribution < 1.29 is 4.39 Å². The number of halogens is 1. The van der Waals surface area contributed by atoms with E-state index in [1.807, 2.05) is 12.1 Å². The molecule has 0 aliphatic heterocycles. The lowest BCUT2D eigenvalue weighted by Gasteiger charge is -2.45. The molecular weight excluding hydrogens is 343 g/mol. The van der Waals surface area contributed by atoms with Crippen molar-refractivity contribution in [1.29, 1.82) is 0 Å². The van der Waals surface area contributed by atoms with E-state index in [4.69, 9.17) is 0 Å². The van der Waals surface area contributed by atoms with E-state index in [0.29, 0.717) is 5.92 Å². The first-order valence-electron chi connectivity index (χ1n) is 12.5. The molecule has 3 aliphatic rings. The number of hydrogen-bond donors (Lipinski definition) is 0. The zero-order valence-electron chi connectivity index (χ0n) is 18.1. The van der Waals surface area contributed by atoms with Gasteiger partial charge in [0.25, 0.3) is 0 Å². The molecule has 28 heavy (non-hydrogen) atoms. The van der Waals surface area contributed by atoms with Gasteiger partial charge in [0.05, 0.1) is 0 Å². The van der Waals surface area contributed by atoms with Crippen LogP contribution in [0, 0.1) is 35.4 Å². The highest BCUT2D eigenvalue weighted by Gasteiger charge is 2.38. The van der Waals surface area contributed by atoms with Crippen LogP contribution in [0.2, 0.25) is 0 Å². The van der Waals surface area contributed by atoms with E-state index >= 15 is 0 Å². The Bertz CT molecular complexity index is 583. The molecule has 3 fully saturated rings. The van der Waals surface area contributed by atoms with E-state index in [1.54, 1.807) is 12.1 Å². The van der Waals surface area contributed by atoms with Crippen molar-refractivity contribution in [2.24, 2.45) is 29.6 Å². The highest BCUT2D eigenvalue weighted by molar-refractivity contribution is 5.21. The summed E-state index contributed by atoms with van der Waals surface area (Å²) in [5.41, 5.74) is 1.38. The molecule has 0 radical (unpaired) electrons. The first kappa shape index (κ1) is 20.4. The van der Waals surface area contributed by atoms with Gasteiger partial charge < -0.3 is 0 Å². The molecule has 4 unspecified atom stereocenters. The van der Waals surface area contributed by atoms with Crippen LogP contribution in [0.25, 0.3) is 0 Å². The molecule has 0 nitrogen and oxygen atoms in total. The predicted octanol–water partition coefficient (Wildman–Crippen LogP) is 8.51. The lowest BCUT2D eigenvalue weighted by molar-refractivity contribution is 0.0710. The summed E-state index contributed by atoms with van der Waals surface area (Å²) in [5.74, 6) is 5.61. The molecule has 0 N–H and O–H groups in total. The van der Waals surface area contributed by atoms with Crippen molar-refractivity contribution in [2.45, 2.75) is 103 Å². The van der Waals surface area contributed by atoms with Crippen LogP contribution in [0.1, 0.15) is 108 Å². The Morgan fingerprint density at radius 3 is 2.04 bits per heavy atom. The van der Waals surface area contributed by atoms with Gasteiger partial charge >= 0.3 is 0 Å². The normalized spacial score (nSPS) is 36.1. The molecule has 1 aromatic rings. The van der Waals surface area contributed by atoms with Crippen LogP contribution < -0.4 is 0 Å². The van der Waals surface area contributed by atoms with Crippen LogP contribution in [0.5, 0.6) is 0 Å². The van der Waals surface area contributed by atoms with Crippen LogP contribution in [0.4, 0.5) is 4.39 Å². The second-order valence-corrected chi connectivity index (χ2v) is 10.4. The Morgan fingerprint density at radius 2 is 1.32 bits per heavy atom. The van der Waals surface area contributed by atoms with Crippen molar-refractivity contribution in [3.8, 4) is 0 Å². The molecule has 156 valence electrons. The maximum absolute atomic E-state index is 13.2. The Hall–Kier alpha value is -0.850. The summed E-state index contributed by atoms with van der Waals surface area (Å²) in [5, 5.41) is 0. The monoisotopic (exact) mass is 384 g/mol. The van der Waals surface area contributed by atoms with Crippen molar-refractivity contribution >= 4 is 0 Å². The van der Waals surface area contributed by atoms with Crippen LogP contribution >= 0.6 is 0 Å². The number of hydrogen-bond acceptors (Lipinski definition) is 0. The first-order chi connectivity index (χ1) is 13.7. The van der Waals surface area contributed by atoms with Crippen molar-refractivity contribution in [3.05, 3.63) is 35.6 Å². The third kappa shape index (κ3) is 5.00. The van der Waals surface area contributed by atoms with Crippen molar-refractivity contribution in [2.75, 3.05) is 0 Å². The van der Waals surface area contributed by atoms with Crippen LogP contribution in [0.15, 0.2) is 24.3 Å². The standard InChI is InChI=1S/C27H41F/c1-2-3-4-5-20-6-8-21(9-7-20)23-10-12-26-19-24(11-13-25(26)18-23)22-14-16-27(28)17-15-22/h14-17,20-21,23-26H,2-13,18-19H2,1H3. The summed E-state index contributed by atoms with van der Waals surface area (Å²) in [6, 6.07) is 7.36. The number of benzene rings is 1. The summed E-state index contributed by atoms with van der Waals surface area (Å²) in [6.07, 6.45) is 20.4. The molecule has 0 spiro atoms. The van der Waals surface area contributed by atoms with Gasteiger partial charge in [0, 0.05) is 0 Å². The summed E-state index contributed by atoms with van der Waals surface area (Å²) < 4.78 is 13.2. The Labute approximate surface area is 172 Å². The van der Waals surface area contributed by atoms with Crippen LogP contribution in [-0.2, 0) is 0 Å². The average Bonchev–Trinajstić information content (AvgIpc) is 2.74. The smallest absolute Gasteiger partial charge is 0.123 e. The van der Waals surface area contributed by atoms with E-state index in [0.717, 1.165) is 29.6 Å². The maximum atomic E-state index is 13.2. The fraction of sp³-hybridized carbons (Fsp3) is 0.778. The molecular formula is C27H41F. The van der Waals surface area contributed by atoms with Gasteiger partial charge in [-0.1, -0.05) is 57.6 Å². The van der Waals surface area contributed by atoms with E-state index in [2.05, 4.69) is 6.92 Å². The number of fused-ring (bicyclic) bond motifs is 1. The first-order valence-corrected chi connectivity index (χ1v) is 12.5. The zero-order chi connectivity index (χ0) is 19.3. The quantitative estimate of drug-likeness (QED) is 0.431. The van der Waals surface area contributed by atoms with Gasteiger partial charge in [-0.3, -0.25) is 0 Å². The average molecular weight is 385 g/mol. The molecule has 0 bridgehead atoms. The number of rotatable bonds is 6. The Balaban J connectivity index is 1.24. The molecule has 1 aromatic carbocycles. The molecule has 3 aliphatic carbocycles. The Morgan fingerprint density at radius 1 is 0.714 bits per heavy atom. The second-order valence-electron chi connectivity index (χ2n) is 10.4. The Kier molecular flexibility index (Phi) is 7.13. The highest BCUT2D eigenvalue weighted by atomic mass is 19.1. The molecule has 0 aromatic heterocycles. The molecule has 1 heteroatoms. The fourth-order valence-corrected chi connectivity index (χ4v) is 7.02. The predicted molar refractivity (Wildman–Crippen MR) is 117 cm³/mol. The van der Waals surface area contributed by atoms with Gasteiger partial charge in [-0.05, 0) is 105 Å². The third-order valence-electron chi connectivity index (χ3n) is 8.77. The van der Waals surface area contributed by atoms with Gasteiger partial charge in [0.2, 0.25) is 0 Å². The molecule has 4 rings (SSSR count). The van der Waals surface area contributed by atoms with Crippen LogP contribution in [0.3, 0.4) is 0 Å². The van der Waals surface area contributed by atoms with Gasteiger partial charge in [0.15, 0.2) is 0 Å². The van der Waals surface area contributed by atoms with Crippen molar-refractivity contribution in [1.82, 2.24) is 0 Å². The molecule has 0 amide bonds.